The molecule has 0 radical (unpaired) electrons. The summed E-state index contributed by atoms with van der Waals surface area (Å²) in [5, 5.41) is 5.71. The molecule has 0 spiro atoms. The van der Waals surface area contributed by atoms with Gasteiger partial charge in [-0.1, -0.05) is 36.4 Å². The highest BCUT2D eigenvalue weighted by atomic mass is 19.4. The Kier molecular flexibility index (Phi) is 7.40. The first-order valence-electron chi connectivity index (χ1n) is 13.7. The molecule has 1 aliphatic carbocycles. The SMILES string of the molecule is CC(C)(C)NC(=O)Nc1cc2c3c(c1)[C@H](C1C=C(C(F)(F)F)C=CC1)CCN3CC[C@H]2c1cccc(C(F)(F)F)c1. The van der Waals surface area contributed by atoms with Crippen LogP contribution in [-0.4, -0.2) is 30.8 Å². The van der Waals surface area contributed by atoms with E-state index in [2.05, 4.69) is 15.5 Å². The Morgan fingerprint density at radius 2 is 1.63 bits per heavy atom. The Labute approximate surface area is 235 Å². The Balaban J connectivity index is 1.62. The van der Waals surface area contributed by atoms with E-state index in [4.69, 9.17) is 0 Å². The molecule has 0 aromatic heterocycles. The quantitative estimate of drug-likeness (QED) is 0.359. The lowest BCUT2D eigenvalue weighted by Gasteiger charge is -2.45. The van der Waals surface area contributed by atoms with E-state index >= 15 is 0 Å². The third kappa shape index (κ3) is 6.26. The van der Waals surface area contributed by atoms with Crippen LogP contribution in [-0.2, 0) is 6.18 Å². The molecule has 5 rings (SSSR count). The van der Waals surface area contributed by atoms with Crippen molar-refractivity contribution < 1.29 is 31.1 Å². The molecule has 2 N–H and O–H groups in total. The number of rotatable bonds is 3. The second-order valence-corrected chi connectivity index (χ2v) is 12.1. The van der Waals surface area contributed by atoms with Gasteiger partial charge in [-0.25, -0.2) is 4.79 Å². The number of nitrogens with zero attached hydrogens (tertiary/aromatic N) is 1. The van der Waals surface area contributed by atoms with Gasteiger partial charge in [0, 0.05) is 35.9 Å². The highest BCUT2D eigenvalue weighted by molar-refractivity contribution is 5.91. The van der Waals surface area contributed by atoms with Crippen molar-refractivity contribution in [3.63, 3.8) is 0 Å². The minimum Gasteiger partial charge on any atom is -0.371 e. The predicted octanol–water partition coefficient (Wildman–Crippen LogP) is 8.52. The van der Waals surface area contributed by atoms with Crippen molar-refractivity contribution in [2.75, 3.05) is 23.3 Å². The van der Waals surface area contributed by atoms with Gasteiger partial charge in [-0.05, 0) is 86.8 Å². The molecule has 220 valence electrons. The minimum absolute atomic E-state index is 0.255. The number of carbonyl (C=O) groups is 1. The van der Waals surface area contributed by atoms with Crippen molar-refractivity contribution in [2.45, 2.75) is 69.8 Å². The molecule has 2 heterocycles. The number of halogens is 6. The third-order valence-corrected chi connectivity index (χ3v) is 7.96. The van der Waals surface area contributed by atoms with Gasteiger partial charge in [0.05, 0.1) is 11.1 Å². The molecular formula is C31H33F6N3O. The number of urea groups is 1. The molecule has 2 amide bonds. The molecule has 0 fully saturated rings. The standard InChI is InChI=1S/C31H33F6N3O/c1-29(2,3)39-28(41)38-22-16-25-23(18-6-4-8-20(14-18)30(32,33)34)10-12-40-13-11-24(26(17-22)27(25)40)19-7-5-9-21(15-19)31(35,36)37/h4-6,8-9,14-17,19,23-24H,7,10-13H2,1-3H3,(H2,38,39,41)/t19?,23-,24-/m0/s1. The molecule has 1 unspecified atom stereocenters. The zero-order chi connectivity index (χ0) is 29.7. The molecule has 2 aromatic carbocycles. The third-order valence-electron chi connectivity index (χ3n) is 7.96. The van der Waals surface area contributed by atoms with E-state index in [9.17, 15) is 31.1 Å². The van der Waals surface area contributed by atoms with Crippen molar-refractivity contribution in [1.82, 2.24) is 5.32 Å². The van der Waals surface area contributed by atoms with E-state index in [1.165, 1.54) is 18.2 Å². The molecule has 0 saturated heterocycles. The van der Waals surface area contributed by atoms with E-state index in [1.807, 2.05) is 26.8 Å². The first kappa shape index (κ1) is 29.1. The molecule has 3 atom stereocenters. The van der Waals surface area contributed by atoms with Gasteiger partial charge in [0.25, 0.3) is 0 Å². The van der Waals surface area contributed by atoms with Crippen LogP contribution < -0.4 is 15.5 Å². The maximum Gasteiger partial charge on any atom is 0.416 e. The molecular weight excluding hydrogens is 544 g/mol. The maximum atomic E-state index is 13.6. The minimum atomic E-state index is -4.49. The van der Waals surface area contributed by atoms with Gasteiger partial charge >= 0.3 is 18.4 Å². The van der Waals surface area contributed by atoms with Crippen LogP contribution >= 0.6 is 0 Å². The van der Waals surface area contributed by atoms with Gasteiger partial charge in [0.1, 0.15) is 0 Å². The fourth-order valence-electron chi connectivity index (χ4n) is 6.29. The summed E-state index contributed by atoms with van der Waals surface area (Å²) in [6, 6.07) is 8.48. The molecule has 0 saturated carbocycles. The number of hydrogen-bond acceptors (Lipinski definition) is 2. The number of allylic oxidation sites excluding steroid dienone is 4. The van der Waals surface area contributed by atoms with Gasteiger partial charge in [-0.15, -0.1) is 0 Å². The Hall–Kier alpha value is -3.43. The number of amides is 2. The normalized spacial score (nSPS) is 22.6. The van der Waals surface area contributed by atoms with Crippen LogP contribution in [0.25, 0.3) is 0 Å². The van der Waals surface area contributed by atoms with E-state index in [-0.39, 0.29) is 11.8 Å². The number of hydrogen-bond donors (Lipinski definition) is 2. The summed E-state index contributed by atoms with van der Waals surface area (Å²) in [4.78, 5) is 15.0. The molecule has 41 heavy (non-hydrogen) atoms. The summed E-state index contributed by atoms with van der Waals surface area (Å²) in [6.45, 7) is 6.75. The number of nitrogens with one attached hydrogen (secondary N) is 2. The second kappa shape index (κ2) is 10.4. The number of benzene rings is 2. The molecule has 2 aromatic rings. The zero-order valence-corrected chi connectivity index (χ0v) is 23.1. The monoisotopic (exact) mass is 577 g/mol. The number of anilines is 2. The largest absolute Gasteiger partial charge is 0.416 e. The Morgan fingerprint density at radius 3 is 2.32 bits per heavy atom. The van der Waals surface area contributed by atoms with E-state index < -0.39 is 41.0 Å². The fraction of sp³-hybridized carbons (Fsp3) is 0.452. The Morgan fingerprint density at radius 1 is 0.927 bits per heavy atom. The fourth-order valence-corrected chi connectivity index (χ4v) is 6.29. The number of carbonyl (C=O) groups excluding carboxylic acids is 1. The summed E-state index contributed by atoms with van der Waals surface area (Å²) in [7, 11) is 0. The molecule has 2 aliphatic heterocycles. The predicted molar refractivity (Wildman–Crippen MR) is 147 cm³/mol. The van der Waals surface area contributed by atoms with Crippen LogP contribution in [0.5, 0.6) is 0 Å². The van der Waals surface area contributed by atoms with Gasteiger partial charge in [0.2, 0.25) is 0 Å². The van der Waals surface area contributed by atoms with Crippen LogP contribution in [0, 0.1) is 5.92 Å². The van der Waals surface area contributed by atoms with Gasteiger partial charge in [-0.3, -0.25) is 0 Å². The first-order valence-corrected chi connectivity index (χ1v) is 13.7. The Bertz CT molecular complexity index is 1390. The molecule has 10 heteroatoms. The zero-order valence-electron chi connectivity index (χ0n) is 23.1. The van der Waals surface area contributed by atoms with Gasteiger partial charge in [0.15, 0.2) is 0 Å². The highest BCUT2D eigenvalue weighted by Gasteiger charge is 2.40. The summed E-state index contributed by atoms with van der Waals surface area (Å²) in [6.07, 6.45) is -3.36. The average Bonchev–Trinajstić information content (AvgIpc) is 2.87. The smallest absolute Gasteiger partial charge is 0.371 e. The van der Waals surface area contributed by atoms with Crippen LogP contribution in [0.2, 0.25) is 0 Å². The van der Waals surface area contributed by atoms with Crippen LogP contribution in [0.15, 0.2) is 60.2 Å². The van der Waals surface area contributed by atoms with Crippen LogP contribution in [0.4, 0.5) is 42.5 Å². The summed E-state index contributed by atoms with van der Waals surface area (Å²) in [5.41, 5.74) is 1.49. The lowest BCUT2D eigenvalue weighted by atomic mass is 9.72. The average molecular weight is 578 g/mol. The van der Waals surface area contributed by atoms with E-state index in [0.717, 1.165) is 29.0 Å². The van der Waals surface area contributed by atoms with E-state index in [0.29, 0.717) is 43.6 Å². The van der Waals surface area contributed by atoms with Gasteiger partial charge in [-0.2, -0.15) is 26.3 Å². The van der Waals surface area contributed by atoms with Crippen molar-refractivity contribution >= 4 is 17.4 Å². The highest BCUT2D eigenvalue weighted by Crippen LogP contribution is 2.51. The van der Waals surface area contributed by atoms with Crippen molar-refractivity contribution in [3.8, 4) is 0 Å². The van der Waals surface area contributed by atoms with Gasteiger partial charge < -0.3 is 15.5 Å². The summed E-state index contributed by atoms with van der Waals surface area (Å²) < 4.78 is 81.6. The number of alkyl halides is 6. The lowest BCUT2D eigenvalue weighted by molar-refractivity contribution is -0.137. The van der Waals surface area contributed by atoms with Crippen LogP contribution in [0.1, 0.15) is 74.1 Å². The molecule has 4 nitrogen and oxygen atoms in total. The molecule has 0 bridgehead atoms. The van der Waals surface area contributed by atoms with Crippen molar-refractivity contribution in [3.05, 3.63) is 82.5 Å². The van der Waals surface area contributed by atoms with Crippen molar-refractivity contribution in [1.29, 1.82) is 0 Å². The summed E-state index contributed by atoms with van der Waals surface area (Å²) in [5.74, 6) is -1.04. The topological polar surface area (TPSA) is 44.4 Å². The second-order valence-electron chi connectivity index (χ2n) is 12.1. The maximum absolute atomic E-state index is 13.6. The lowest BCUT2D eigenvalue weighted by Crippen LogP contribution is -2.43. The summed E-state index contributed by atoms with van der Waals surface area (Å²) >= 11 is 0. The van der Waals surface area contributed by atoms with E-state index in [1.54, 1.807) is 18.2 Å². The van der Waals surface area contributed by atoms with Crippen LogP contribution in [0.3, 0.4) is 0 Å². The molecule has 3 aliphatic rings. The van der Waals surface area contributed by atoms with Crippen molar-refractivity contribution in [2.24, 2.45) is 5.92 Å². The first-order chi connectivity index (χ1) is 19.1.